The summed E-state index contributed by atoms with van der Waals surface area (Å²) in [6, 6.07) is 0. The molecule has 0 saturated carbocycles. The van der Waals surface area contributed by atoms with Crippen LogP contribution in [-0.4, -0.2) is 28.0 Å². The lowest BCUT2D eigenvalue weighted by atomic mass is 10.0. The number of nitrogens with zero attached hydrogens (tertiary/aromatic N) is 3. The second-order valence-electron chi connectivity index (χ2n) is 4.60. The molecule has 1 unspecified atom stereocenters. The predicted molar refractivity (Wildman–Crippen MR) is 72.7 cm³/mol. The topological polar surface area (TPSA) is 50.7 Å². The molecule has 5 heteroatoms. The van der Waals surface area contributed by atoms with E-state index in [4.69, 9.17) is 4.98 Å². The van der Waals surface area contributed by atoms with Crippen LogP contribution in [-0.2, 0) is 0 Å². The Morgan fingerprint density at radius 1 is 1.33 bits per heavy atom. The predicted octanol–water partition coefficient (Wildman–Crippen LogP) is 2.38. The fourth-order valence-electron chi connectivity index (χ4n) is 2.31. The van der Waals surface area contributed by atoms with Crippen LogP contribution >= 0.6 is 11.3 Å². The van der Waals surface area contributed by atoms with E-state index in [0.717, 1.165) is 30.2 Å². The van der Waals surface area contributed by atoms with Gasteiger partial charge in [0.25, 0.3) is 0 Å². The number of hydrogen-bond acceptors (Lipinski definition) is 5. The van der Waals surface area contributed by atoms with Crippen LogP contribution in [0.3, 0.4) is 0 Å². The molecule has 18 heavy (non-hydrogen) atoms. The Kier molecular flexibility index (Phi) is 3.34. The Bertz CT molecular complexity index is 531. The molecule has 4 nitrogen and oxygen atoms in total. The molecule has 0 radical (unpaired) electrons. The molecule has 0 spiro atoms. The van der Waals surface area contributed by atoms with Crippen molar-refractivity contribution < 1.29 is 0 Å². The second kappa shape index (κ2) is 5.12. The molecular formula is C13H16N4S. The van der Waals surface area contributed by atoms with E-state index in [1.54, 1.807) is 23.7 Å². The first-order valence-electron chi connectivity index (χ1n) is 6.28. The van der Waals surface area contributed by atoms with Crippen molar-refractivity contribution in [3.8, 4) is 11.4 Å². The van der Waals surface area contributed by atoms with E-state index in [1.165, 1.54) is 17.8 Å². The SMILES string of the molecule is Cc1nccnc1-c1csc(C2CCCNC2)n1. The number of nitrogens with one attached hydrogen (secondary N) is 1. The summed E-state index contributed by atoms with van der Waals surface area (Å²) in [6.45, 7) is 4.16. The monoisotopic (exact) mass is 260 g/mol. The van der Waals surface area contributed by atoms with Crippen molar-refractivity contribution in [1.82, 2.24) is 20.3 Å². The maximum absolute atomic E-state index is 4.74. The van der Waals surface area contributed by atoms with Gasteiger partial charge in [-0.15, -0.1) is 11.3 Å². The van der Waals surface area contributed by atoms with Crippen LogP contribution in [0, 0.1) is 6.92 Å². The van der Waals surface area contributed by atoms with Gasteiger partial charge in [-0.05, 0) is 26.3 Å². The Balaban J connectivity index is 1.87. The molecule has 94 valence electrons. The van der Waals surface area contributed by atoms with Gasteiger partial charge in [0.05, 0.1) is 10.7 Å². The van der Waals surface area contributed by atoms with Crippen LogP contribution < -0.4 is 5.32 Å². The second-order valence-corrected chi connectivity index (χ2v) is 5.49. The number of aromatic nitrogens is 3. The van der Waals surface area contributed by atoms with Gasteiger partial charge in [-0.2, -0.15) is 0 Å². The minimum absolute atomic E-state index is 0.564. The van der Waals surface area contributed by atoms with Crippen molar-refractivity contribution in [3.05, 3.63) is 28.5 Å². The molecule has 0 aromatic carbocycles. The minimum Gasteiger partial charge on any atom is -0.316 e. The van der Waals surface area contributed by atoms with Crippen LogP contribution in [0.5, 0.6) is 0 Å². The van der Waals surface area contributed by atoms with E-state index in [0.29, 0.717) is 5.92 Å². The molecule has 2 aromatic heterocycles. The summed E-state index contributed by atoms with van der Waals surface area (Å²) >= 11 is 1.74. The van der Waals surface area contributed by atoms with Gasteiger partial charge >= 0.3 is 0 Å². The third-order valence-electron chi connectivity index (χ3n) is 3.29. The van der Waals surface area contributed by atoms with E-state index in [1.807, 2.05) is 6.92 Å². The number of rotatable bonds is 2. The van der Waals surface area contributed by atoms with Gasteiger partial charge in [0.15, 0.2) is 0 Å². The Labute approximate surface area is 111 Å². The first-order chi connectivity index (χ1) is 8.84. The van der Waals surface area contributed by atoms with Crippen molar-refractivity contribution >= 4 is 11.3 Å². The average molecular weight is 260 g/mol. The molecule has 2 aromatic rings. The molecule has 1 saturated heterocycles. The normalized spacial score (nSPS) is 19.9. The molecular weight excluding hydrogens is 244 g/mol. The highest BCUT2D eigenvalue weighted by Gasteiger charge is 2.19. The fraction of sp³-hybridized carbons (Fsp3) is 0.462. The first-order valence-corrected chi connectivity index (χ1v) is 7.16. The molecule has 0 bridgehead atoms. The maximum atomic E-state index is 4.74. The lowest BCUT2D eigenvalue weighted by molar-refractivity contribution is 0.460. The van der Waals surface area contributed by atoms with Gasteiger partial charge in [-0.25, -0.2) is 4.98 Å². The third-order valence-corrected chi connectivity index (χ3v) is 4.30. The van der Waals surface area contributed by atoms with Crippen molar-refractivity contribution in [2.45, 2.75) is 25.7 Å². The summed E-state index contributed by atoms with van der Waals surface area (Å²) in [7, 11) is 0. The van der Waals surface area contributed by atoms with E-state index >= 15 is 0 Å². The average Bonchev–Trinajstić information content (AvgIpc) is 2.90. The zero-order chi connectivity index (χ0) is 12.4. The van der Waals surface area contributed by atoms with Crippen molar-refractivity contribution in [2.24, 2.45) is 0 Å². The molecule has 3 heterocycles. The zero-order valence-corrected chi connectivity index (χ0v) is 11.2. The van der Waals surface area contributed by atoms with Gasteiger partial charge in [0, 0.05) is 30.2 Å². The summed E-state index contributed by atoms with van der Waals surface area (Å²) in [6.07, 6.45) is 5.92. The highest BCUT2D eigenvalue weighted by molar-refractivity contribution is 7.10. The molecule has 1 atom stereocenters. The van der Waals surface area contributed by atoms with Crippen LogP contribution in [0.1, 0.15) is 29.5 Å². The first kappa shape index (κ1) is 11.7. The molecule has 0 amide bonds. The molecule has 1 aliphatic rings. The van der Waals surface area contributed by atoms with Gasteiger partial charge in [-0.3, -0.25) is 9.97 Å². The summed E-state index contributed by atoms with van der Waals surface area (Å²) in [4.78, 5) is 13.4. The third kappa shape index (κ3) is 2.28. The lowest BCUT2D eigenvalue weighted by Gasteiger charge is -2.20. The maximum Gasteiger partial charge on any atom is 0.111 e. The van der Waals surface area contributed by atoms with Gasteiger partial charge in [-0.1, -0.05) is 0 Å². The van der Waals surface area contributed by atoms with Gasteiger partial charge in [0.1, 0.15) is 11.4 Å². The number of hydrogen-bond donors (Lipinski definition) is 1. The van der Waals surface area contributed by atoms with E-state index in [9.17, 15) is 0 Å². The van der Waals surface area contributed by atoms with Crippen LogP contribution in [0.4, 0.5) is 0 Å². The van der Waals surface area contributed by atoms with Crippen molar-refractivity contribution in [2.75, 3.05) is 13.1 Å². The largest absolute Gasteiger partial charge is 0.316 e. The lowest BCUT2D eigenvalue weighted by Crippen LogP contribution is -2.28. The molecule has 0 aliphatic carbocycles. The van der Waals surface area contributed by atoms with Gasteiger partial charge < -0.3 is 5.32 Å². The van der Waals surface area contributed by atoms with Gasteiger partial charge in [0.2, 0.25) is 0 Å². The molecule has 1 aliphatic heterocycles. The molecule has 1 fully saturated rings. The van der Waals surface area contributed by atoms with E-state index in [-0.39, 0.29) is 0 Å². The Morgan fingerprint density at radius 2 is 2.22 bits per heavy atom. The summed E-state index contributed by atoms with van der Waals surface area (Å²) in [5, 5.41) is 6.75. The standard InChI is InChI=1S/C13H16N4S/c1-9-12(16-6-5-15-9)11-8-18-13(17-11)10-3-2-4-14-7-10/h5-6,8,10,14H,2-4,7H2,1H3. The van der Waals surface area contributed by atoms with Crippen molar-refractivity contribution in [1.29, 1.82) is 0 Å². The number of piperidine rings is 1. The smallest absolute Gasteiger partial charge is 0.111 e. The Hall–Kier alpha value is -1.33. The Morgan fingerprint density at radius 3 is 3.00 bits per heavy atom. The van der Waals surface area contributed by atoms with E-state index < -0.39 is 0 Å². The van der Waals surface area contributed by atoms with Crippen LogP contribution in [0.2, 0.25) is 0 Å². The summed E-state index contributed by atoms with van der Waals surface area (Å²) < 4.78 is 0. The molecule has 1 N–H and O–H groups in total. The summed E-state index contributed by atoms with van der Waals surface area (Å²) in [5.41, 5.74) is 2.81. The quantitative estimate of drug-likeness (QED) is 0.900. The van der Waals surface area contributed by atoms with Crippen LogP contribution in [0.25, 0.3) is 11.4 Å². The summed E-state index contributed by atoms with van der Waals surface area (Å²) in [5.74, 6) is 0.564. The zero-order valence-electron chi connectivity index (χ0n) is 10.4. The number of thiazole rings is 1. The fourth-order valence-corrected chi connectivity index (χ4v) is 3.25. The minimum atomic E-state index is 0.564. The van der Waals surface area contributed by atoms with E-state index in [2.05, 4.69) is 20.7 Å². The highest BCUT2D eigenvalue weighted by Crippen LogP contribution is 2.29. The van der Waals surface area contributed by atoms with Crippen molar-refractivity contribution in [3.63, 3.8) is 0 Å². The highest BCUT2D eigenvalue weighted by atomic mass is 32.1. The van der Waals surface area contributed by atoms with Crippen LogP contribution in [0.15, 0.2) is 17.8 Å². The number of aryl methyl sites for hydroxylation is 1. The molecule has 3 rings (SSSR count).